The van der Waals surface area contributed by atoms with Gasteiger partial charge in [-0.15, -0.1) is 0 Å². The van der Waals surface area contributed by atoms with E-state index < -0.39 is 0 Å². The zero-order chi connectivity index (χ0) is 7.40. The van der Waals surface area contributed by atoms with Gasteiger partial charge in [-0.1, -0.05) is 12.2 Å². The highest BCUT2D eigenvalue weighted by Gasteiger charge is 2.08. The third-order valence-electron chi connectivity index (χ3n) is 1.41. The first-order valence-corrected chi connectivity index (χ1v) is 3.44. The van der Waals surface area contributed by atoms with Gasteiger partial charge in [0.1, 0.15) is 0 Å². The van der Waals surface area contributed by atoms with Crippen LogP contribution in [0.15, 0.2) is 24.4 Å². The van der Waals surface area contributed by atoms with E-state index in [0.717, 1.165) is 13.0 Å². The first-order valence-electron chi connectivity index (χ1n) is 3.44. The number of amides is 1. The van der Waals surface area contributed by atoms with E-state index in [0.29, 0.717) is 0 Å². The van der Waals surface area contributed by atoms with Crippen LogP contribution in [0.1, 0.15) is 13.3 Å². The average molecular weight is 137 g/mol. The van der Waals surface area contributed by atoms with Crippen molar-refractivity contribution in [2.75, 3.05) is 6.54 Å². The van der Waals surface area contributed by atoms with Crippen molar-refractivity contribution in [3.8, 4) is 0 Å². The summed E-state index contributed by atoms with van der Waals surface area (Å²) >= 11 is 0. The van der Waals surface area contributed by atoms with Crippen LogP contribution in [0.3, 0.4) is 0 Å². The molecule has 0 spiro atoms. The van der Waals surface area contributed by atoms with Crippen LogP contribution in [0.2, 0.25) is 0 Å². The number of carbonyl (C=O) groups is 1. The molecule has 1 heterocycles. The minimum absolute atomic E-state index is 0.0799. The topological polar surface area (TPSA) is 20.3 Å². The van der Waals surface area contributed by atoms with Crippen molar-refractivity contribution in [3.05, 3.63) is 24.4 Å². The molecule has 2 nitrogen and oxygen atoms in total. The minimum Gasteiger partial charge on any atom is -0.316 e. The van der Waals surface area contributed by atoms with Gasteiger partial charge < -0.3 is 4.90 Å². The summed E-state index contributed by atoms with van der Waals surface area (Å²) in [4.78, 5) is 12.7. The predicted octanol–water partition coefficient (Wildman–Crippen LogP) is 1.31. The Morgan fingerprint density at radius 3 is 3.00 bits per heavy atom. The van der Waals surface area contributed by atoms with Gasteiger partial charge in [-0.3, -0.25) is 4.79 Å². The number of rotatable bonds is 1. The largest absolute Gasteiger partial charge is 0.316 e. The Morgan fingerprint density at radius 2 is 2.50 bits per heavy atom. The van der Waals surface area contributed by atoms with Crippen molar-refractivity contribution >= 4 is 5.91 Å². The maximum atomic E-state index is 11.0. The molecule has 0 unspecified atom stereocenters. The summed E-state index contributed by atoms with van der Waals surface area (Å²) in [5.41, 5.74) is 0. The Labute approximate surface area is 60.8 Å². The van der Waals surface area contributed by atoms with Crippen molar-refractivity contribution in [1.82, 2.24) is 4.90 Å². The van der Waals surface area contributed by atoms with Gasteiger partial charge in [0.15, 0.2) is 0 Å². The summed E-state index contributed by atoms with van der Waals surface area (Å²) in [5.74, 6) is 0.0799. The Kier molecular flexibility index (Phi) is 2.26. The summed E-state index contributed by atoms with van der Waals surface area (Å²) < 4.78 is 0. The Balaban J connectivity index is 2.48. The third kappa shape index (κ3) is 1.47. The summed E-state index contributed by atoms with van der Waals surface area (Å²) in [5, 5.41) is 0. The Morgan fingerprint density at radius 1 is 1.70 bits per heavy atom. The summed E-state index contributed by atoms with van der Waals surface area (Å²) in [7, 11) is 0. The summed E-state index contributed by atoms with van der Waals surface area (Å²) in [6, 6.07) is 0. The van der Waals surface area contributed by atoms with Gasteiger partial charge in [0, 0.05) is 12.7 Å². The second-order valence-electron chi connectivity index (χ2n) is 2.21. The van der Waals surface area contributed by atoms with Crippen LogP contribution in [0.5, 0.6) is 0 Å². The molecule has 1 aliphatic rings. The molecular weight excluding hydrogens is 126 g/mol. The highest BCUT2D eigenvalue weighted by molar-refractivity contribution is 5.88. The predicted molar refractivity (Wildman–Crippen MR) is 40.3 cm³/mol. The molecule has 0 aromatic rings. The molecule has 0 radical (unpaired) electrons. The minimum atomic E-state index is 0.0799. The van der Waals surface area contributed by atoms with E-state index in [2.05, 4.69) is 0 Å². The van der Waals surface area contributed by atoms with E-state index >= 15 is 0 Å². The molecule has 2 heteroatoms. The van der Waals surface area contributed by atoms with Crippen LogP contribution < -0.4 is 0 Å². The second kappa shape index (κ2) is 3.20. The Hall–Kier alpha value is -1.05. The van der Waals surface area contributed by atoms with Crippen LogP contribution in [0.4, 0.5) is 0 Å². The smallest absolute Gasteiger partial charge is 0.250 e. The molecular formula is C8H11NO. The molecule has 0 aromatic heterocycles. The first kappa shape index (κ1) is 7.06. The number of nitrogens with zero attached hydrogens (tertiary/aromatic N) is 1. The zero-order valence-corrected chi connectivity index (χ0v) is 6.08. The van der Waals surface area contributed by atoms with Crippen LogP contribution in [-0.4, -0.2) is 17.4 Å². The molecule has 0 bridgehead atoms. The fourth-order valence-electron chi connectivity index (χ4n) is 0.912. The Bertz CT molecular complexity index is 182. The standard InChI is InChI=1S/C8H11NO/c1-2-5-8(10)9-6-3-4-7-9/h2-3,5-6H,4,7H2,1H3. The van der Waals surface area contributed by atoms with Crippen molar-refractivity contribution in [2.24, 2.45) is 0 Å². The van der Waals surface area contributed by atoms with Gasteiger partial charge in [-0.2, -0.15) is 0 Å². The average Bonchev–Trinajstić information content (AvgIpc) is 2.38. The SMILES string of the molecule is CC=CC(=O)N1C=CCC1. The normalized spacial score (nSPS) is 17.1. The maximum absolute atomic E-state index is 11.0. The van der Waals surface area contributed by atoms with Crippen LogP contribution in [-0.2, 0) is 4.79 Å². The van der Waals surface area contributed by atoms with Gasteiger partial charge in [-0.25, -0.2) is 0 Å². The van der Waals surface area contributed by atoms with Crippen molar-refractivity contribution in [2.45, 2.75) is 13.3 Å². The molecule has 0 N–H and O–H groups in total. The van der Waals surface area contributed by atoms with Crippen molar-refractivity contribution in [1.29, 1.82) is 0 Å². The summed E-state index contributed by atoms with van der Waals surface area (Å²) in [6.07, 6.45) is 8.16. The molecule has 0 saturated carbocycles. The monoisotopic (exact) mass is 137 g/mol. The van der Waals surface area contributed by atoms with E-state index in [9.17, 15) is 4.79 Å². The van der Waals surface area contributed by atoms with Crippen LogP contribution in [0.25, 0.3) is 0 Å². The lowest BCUT2D eigenvalue weighted by Crippen LogP contribution is -2.20. The molecule has 0 fully saturated rings. The van der Waals surface area contributed by atoms with Gasteiger partial charge in [-0.05, 0) is 19.4 Å². The zero-order valence-electron chi connectivity index (χ0n) is 6.08. The molecule has 10 heavy (non-hydrogen) atoms. The summed E-state index contributed by atoms with van der Waals surface area (Å²) in [6.45, 7) is 2.68. The highest BCUT2D eigenvalue weighted by atomic mass is 16.2. The van der Waals surface area contributed by atoms with Crippen LogP contribution >= 0.6 is 0 Å². The molecule has 1 amide bonds. The lowest BCUT2D eigenvalue weighted by molar-refractivity contribution is -0.123. The van der Waals surface area contributed by atoms with Gasteiger partial charge in [0.2, 0.25) is 5.91 Å². The molecule has 0 aliphatic carbocycles. The molecule has 1 rings (SSSR count). The number of hydrogen-bond donors (Lipinski definition) is 0. The van der Waals surface area contributed by atoms with Crippen molar-refractivity contribution in [3.63, 3.8) is 0 Å². The molecule has 54 valence electrons. The second-order valence-corrected chi connectivity index (χ2v) is 2.21. The highest BCUT2D eigenvalue weighted by Crippen LogP contribution is 2.03. The number of allylic oxidation sites excluding steroid dienone is 1. The van der Waals surface area contributed by atoms with E-state index in [1.807, 2.05) is 19.2 Å². The lowest BCUT2D eigenvalue weighted by Gasteiger charge is -2.08. The van der Waals surface area contributed by atoms with Crippen molar-refractivity contribution < 1.29 is 4.79 Å². The molecule has 0 aromatic carbocycles. The quantitative estimate of drug-likeness (QED) is 0.499. The van der Waals surface area contributed by atoms with Crippen LogP contribution in [0, 0.1) is 0 Å². The van der Waals surface area contributed by atoms with Gasteiger partial charge in [0.05, 0.1) is 0 Å². The molecule has 0 saturated heterocycles. The maximum Gasteiger partial charge on any atom is 0.250 e. The van der Waals surface area contributed by atoms with E-state index in [4.69, 9.17) is 0 Å². The van der Waals surface area contributed by atoms with E-state index in [1.165, 1.54) is 0 Å². The third-order valence-corrected chi connectivity index (χ3v) is 1.41. The molecule has 1 aliphatic heterocycles. The first-order chi connectivity index (χ1) is 4.84. The van der Waals surface area contributed by atoms with Gasteiger partial charge in [0.25, 0.3) is 0 Å². The van der Waals surface area contributed by atoms with Gasteiger partial charge >= 0.3 is 0 Å². The fraction of sp³-hybridized carbons (Fsp3) is 0.375. The van der Waals surface area contributed by atoms with E-state index in [1.54, 1.807) is 17.1 Å². The number of carbonyl (C=O) groups excluding carboxylic acids is 1. The number of hydrogen-bond acceptors (Lipinski definition) is 1. The fourth-order valence-corrected chi connectivity index (χ4v) is 0.912. The van der Waals surface area contributed by atoms with E-state index in [-0.39, 0.29) is 5.91 Å². The lowest BCUT2D eigenvalue weighted by atomic mass is 10.4. The molecule has 0 atom stereocenters.